The Morgan fingerprint density at radius 1 is 0.941 bits per heavy atom. The maximum absolute atomic E-state index is 12.8. The first-order valence-electron chi connectivity index (χ1n) is 10.8. The first-order valence-corrected chi connectivity index (χ1v) is 11.2. The summed E-state index contributed by atoms with van der Waals surface area (Å²) in [5.74, 6) is -0.761. The molecule has 0 saturated heterocycles. The Hall–Kier alpha value is -3.90. The van der Waals surface area contributed by atoms with Gasteiger partial charge in [0.1, 0.15) is 16.5 Å². The lowest BCUT2D eigenvalue weighted by atomic mass is 10.0. The minimum atomic E-state index is -0.554. The number of esters is 1. The molecule has 172 valence electrons. The zero-order chi connectivity index (χ0) is 24.2. The second kappa shape index (κ2) is 9.93. The minimum absolute atomic E-state index is 0.00317. The van der Waals surface area contributed by atoms with Gasteiger partial charge in [-0.1, -0.05) is 67.9 Å². The van der Waals surface area contributed by atoms with Crippen molar-refractivity contribution in [1.82, 2.24) is 4.90 Å². The summed E-state index contributed by atoms with van der Waals surface area (Å²) in [6.07, 6.45) is 0. The van der Waals surface area contributed by atoms with Gasteiger partial charge < -0.3 is 10.1 Å². The van der Waals surface area contributed by atoms with Crippen LogP contribution >= 0.6 is 11.6 Å². The first kappa shape index (κ1) is 23.3. The fourth-order valence-corrected chi connectivity index (χ4v) is 3.73. The summed E-state index contributed by atoms with van der Waals surface area (Å²) in [6.45, 7) is 4.26. The van der Waals surface area contributed by atoms with Crippen molar-refractivity contribution in [3.8, 4) is 5.75 Å². The quantitative estimate of drug-likeness (QED) is 0.279. The Morgan fingerprint density at radius 2 is 1.65 bits per heavy atom. The molecule has 0 aliphatic carbocycles. The van der Waals surface area contributed by atoms with Gasteiger partial charge >= 0.3 is 5.97 Å². The van der Waals surface area contributed by atoms with Crippen molar-refractivity contribution < 1.29 is 19.1 Å². The highest BCUT2D eigenvalue weighted by atomic mass is 35.5. The Labute approximate surface area is 202 Å². The Bertz CT molecular complexity index is 1270. The van der Waals surface area contributed by atoms with E-state index >= 15 is 0 Å². The van der Waals surface area contributed by atoms with E-state index in [1.165, 1.54) is 0 Å². The average molecular weight is 475 g/mol. The predicted octanol–water partition coefficient (Wildman–Crippen LogP) is 5.46. The summed E-state index contributed by atoms with van der Waals surface area (Å²) >= 11 is 6.17. The fourth-order valence-electron chi connectivity index (χ4n) is 3.50. The monoisotopic (exact) mass is 474 g/mol. The van der Waals surface area contributed by atoms with E-state index in [9.17, 15) is 14.4 Å². The lowest BCUT2D eigenvalue weighted by Crippen LogP contribution is -2.31. The fraction of sp³-hybridized carbons (Fsp3) is 0.148. The van der Waals surface area contributed by atoms with Crippen molar-refractivity contribution in [3.63, 3.8) is 0 Å². The number of nitrogens with one attached hydrogen (secondary N) is 1. The number of nitrogens with zero attached hydrogens (tertiary/aromatic N) is 1. The molecule has 0 spiro atoms. The molecule has 0 aromatic heterocycles. The van der Waals surface area contributed by atoms with Crippen LogP contribution in [-0.4, -0.2) is 22.7 Å². The number of imide groups is 1. The molecule has 0 fully saturated rings. The third kappa shape index (κ3) is 5.02. The van der Waals surface area contributed by atoms with Gasteiger partial charge in [-0.05, 0) is 53.4 Å². The van der Waals surface area contributed by atoms with E-state index in [1.807, 2.05) is 48.5 Å². The summed E-state index contributed by atoms with van der Waals surface area (Å²) < 4.78 is 5.49. The molecular formula is C27H23ClN2O4. The molecule has 4 rings (SSSR count). The minimum Gasteiger partial charge on any atom is -0.423 e. The van der Waals surface area contributed by atoms with E-state index in [-0.39, 0.29) is 17.3 Å². The topological polar surface area (TPSA) is 75.7 Å². The number of hydrogen-bond acceptors (Lipinski definition) is 5. The molecule has 34 heavy (non-hydrogen) atoms. The van der Waals surface area contributed by atoms with Crippen LogP contribution in [0.2, 0.25) is 0 Å². The molecular weight excluding hydrogens is 452 g/mol. The number of carbonyl (C=O) groups excluding carboxylic acids is 3. The number of ether oxygens (including phenoxy) is 1. The van der Waals surface area contributed by atoms with Crippen LogP contribution in [0.25, 0.3) is 0 Å². The highest BCUT2D eigenvalue weighted by molar-refractivity contribution is 6.48. The highest BCUT2D eigenvalue weighted by Gasteiger charge is 2.37. The summed E-state index contributed by atoms with van der Waals surface area (Å²) in [7, 11) is 0. The van der Waals surface area contributed by atoms with Gasteiger partial charge in [-0.15, -0.1) is 0 Å². The standard InChI is InChI=1S/C27H23ClN2O4/c1-17(2)20-9-6-10-22(15-20)34-27(33)19-11-13-21(14-12-19)29-24-23(28)25(31)30(26(24)32)16-18-7-4-3-5-8-18/h3-15,17,29H,16H2,1-2H3. The largest absolute Gasteiger partial charge is 0.423 e. The lowest BCUT2D eigenvalue weighted by Gasteiger charge is -2.15. The van der Waals surface area contributed by atoms with Crippen LogP contribution < -0.4 is 10.1 Å². The van der Waals surface area contributed by atoms with Crippen molar-refractivity contribution in [1.29, 1.82) is 0 Å². The van der Waals surface area contributed by atoms with Gasteiger partial charge in [0.15, 0.2) is 0 Å². The van der Waals surface area contributed by atoms with E-state index in [4.69, 9.17) is 16.3 Å². The highest BCUT2D eigenvalue weighted by Crippen LogP contribution is 2.27. The number of halogens is 1. The molecule has 1 aliphatic rings. The summed E-state index contributed by atoms with van der Waals surface area (Å²) in [4.78, 5) is 39.0. The van der Waals surface area contributed by atoms with Gasteiger partial charge in [-0.2, -0.15) is 0 Å². The summed E-state index contributed by atoms with van der Waals surface area (Å²) in [6, 6.07) is 23.0. The van der Waals surface area contributed by atoms with E-state index in [0.717, 1.165) is 16.0 Å². The lowest BCUT2D eigenvalue weighted by molar-refractivity contribution is -0.138. The maximum atomic E-state index is 12.8. The van der Waals surface area contributed by atoms with Gasteiger partial charge in [-0.25, -0.2) is 4.79 Å². The zero-order valence-electron chi connectivity index (χ0n) is 18.7. The molecule has 0 unspecified atom stereocenters. The third-order valence-electron chi connectivity index (χ3n) is 5.42. The van der Waals surface area contributed by atoms with E-state index in [1.54, 1.807) is 30.3 Å². The van der Waals surface area contributed by atoms with Crippen LogP contribution in [-0.2, 0) is 16.1 Å². The predicted molar refractivity (Wildman–Crippen MR) is 130 cm³/mol. The molecule has 0 bridgehead atoms. The number of rotatable bonds is 7. The number of anilines is 1. The molecule has 0 saturated carbocycles. The van der Waals surface area contributed by atoms with Crippen LogP contribution in [0.4, 0.5) is 5.69 Å². The second-order valence-corrected chi connectivity index (χ2v) is 8.57. The smallest absolute Gasteiger partial charge is 0.343 e. The number of carbonyl (C=O) groups is 3. The molecule has 3 aromatic carbocycles. The van der Waals surface area contributed by atoms with Crippen molar-refractivity contribution in [2.24, 2.45) is 0 Å². The average Bonchev–Trinajstić information content (AvgIpc) is 3.03. The van der Waals surface area contributed by atoms with Crippen molar-refractivity contribution in [2.75, 3.05) is 5.32 Å². The third-order valence-corrected chi connectivity index (χ3v) is 5.77. The number of benzene rings is 3. The summed E-state index contributed by atoms with van der Waals surface area (Å²) in [5.41, 5.74) is 2.75. The van der Waals surface area contributed by atoms with Crippen LogP contribution in [0.1, 0.15) is 41.3 Å². The van der Waals surface area contributed by atoms with Gasteiger partial charge in [0.2, 0.25) is 0 Å². The van der Waals surface area contributed by atoms with Crippen molar-refractivity contribution in [3.05, 3.63) is 106 Å². The summed E-state index contributed by atoms with van der Waals surface area (Å²) in [5, 5.41) is 2.73. The van der Waals surface area contributed by atoms with Crippen molar-refractivity contribution >= 4 is 35.1 Å². The molecule has 0 radical (unpaired) electrons. The van der Waals surface area contributed by atoms with E-state index < -0.39 is 17.8 Å². The van der Waals surface area contributed by atoms with Crippen LogP contribution in [0, 0.1) is 0 Å². The van der Waals surface area contributed by atoms with E-state index in [0.29, 0.717) is 22.9 Å². The second-order valence-electron chi connectivity index (χ2n) is 8.19. The maximum Gasteiger partial charge on any atom is 0.343 e. The van der Waals surface area contributed by atoms with Crippen LogP contribution in [0.5, 0.6) is 5.75 Å². The van der Waals surface area contributed by atoms with Crippen LogP contribution in [0.3, 0.4) is 0 Å². The molecule has 6 nitrogen and oxygen atoms in total. The van der Waals surface area contributed by atoms with Gasteiger partial charge in [-0.3, -0.25) is 14.5 Å². The first-order chi connectivity index (χ1) is 16.3. The van der Waals surface area contributed by atoms with Gasteiger partial charge in [0.25, 0.3) is 11.8 Å². The molecule has 1 heterocycles. The molecule has 1 aliphatic heterocycles. The molecule has 2 amide bonds. The van der Waals surface area contributed by atoms with Gasteiger partial charge in [0, 0.05) is 5.69 Å². The Kier molecular flexibility index (Phi) is 6.80. The van der Waals surface area contributed by atoms with E-state index in [2.05, 4.69) is 19.2 Å². The van der Waals surface area contributed by atoms with Crippen LogP contribution in [0.15, 0.2) is 89.6 Å². The Morgan fingerprint density at radius 3 is 2.32 bits per heavy atom. The number of hydrogen-bond donors (Lipinski definition) is 1. The molecule has 7 heteroatoms. The van der Waals surface area contributed by atoms with Crippen molar-refractivity contribution in [2.45, 2.75) is 26.3 Å². The normalized spacial score (nSPS) is 13.6. The zero-order valence-corrected chi connectivity index (χ0v) is 19.5. The molecule has 0 atom stereocenters. The Balaban J connectivity index is 1.43. The molecule has 3 aromatic rings. The number of amides is 2. The SMILES string of the molecule is CC(C)c1cccc(OC(=O)c2ccc(NC3=C(Cl)C(=O)N(Cc4ccccc4)C3=O)cc2)c1. The van der Waals surface area contributed by atoms with Gasteiger partial charge in [0.05, 0.1) is 12.1 Å². The molecule has 1 N–H and O–H groups in total.